The zero-order chi connectivity index (χ0) is 23.3. The Morgan fingerprint density at radius 3 is 2.27 bits per heavy atom. The van der Waals surface area contributed by atoms with Gasteiger partial charge in [0.25, 0.3) is 5.91 Å². The summed E-state index contributed by atoms with van der Waals surface area (Å²) in [6.45, 7) is 4.30. The van der Waals surface area contributed by atoms with Crippen molar-refractivity contribution in [3.63, 3.8) is 0 Å². The van der Waals surface area contributed by atoms with Gasteiger partial charge in [-0.25, -0.2) is 8.42 Å². The van der Waals surface area contributed by atoms with Gasteiger partial charge in [-0.05, 0) is 62.7 Å². The summed E-state index contributed by atoms with van der Waals surface area (Å²) in [4.78, 5) is 15.4. The molecule has 1 unspecified atom stereocenters. The SMILES string of the molecule is Cc1ccc(S(=O)(=O)c2ccc(C(=O)NCC(c3ccccc3)N3CCCCCC3)o2)cc1. The van der Waals surface area contributed by atoms with Gasteiger partial charge in [0, 0.05) is 6.54 Å². The lowest BCUT2D eigenvalue weighted by atomic mass is 10.0. The highest BCUT2D eigenvalue weighted by molar-refractivity contribution is 7.91. The van der Waals surface area contributed by atoms with Crippen LogP contribution in [0.2, 0.25) is 0 Å². The van der Waals surface area contributed by atoms with Crippen molar-refractivity contribution in [3.05, 3.63) is 83.6 Å². The quantitative estimate of drug-likeness (QED) is 0.543. The van der Waals surface area contributed by atoms with E-state index in [4.69, 9.17) is 4.42 Å². The third-order valence-electron chi connectivity index (χ3n) is 6.12. The maximum absolute atomic E-state index is 12.8. The first-order chi connectivity index (χ1) is 15.9. The Balaban J connectivity index is 1.48. The first-order valence-corrected chi connectivity index (χ1v) is 12.9. The van der Waals surface area contributed by atoms with E-state index in [1.807, 2.05) is 25.1 Å². The molecule has 0 spiro atoms. The lowest BCUT2D eigenvalue weighted by Gasteiger charge is -2.31. The highest BCUT2D eigenvalue weighted by Crippen LogP contribution is 2.25. The number of carbonyl (C=O) groups is 1. The molecular formula is C26H30N2O4S. The van der Waals surface area contributed by atoms with Crippen molar-refractivity contribution in [2.45, 2.75) is 48.6 Å². The number of furan rings is 1. The fraction of sp³-hybridized carbons (Fsp3) is 0.346. The predicted octanol–water partition coefficient (Wildman–Crippen LogP) is 4.77. The smallest absolute Gasteiger partial charge is 0.287 e. The van der Waals surface area contributed by atoms with Crippen LogP contribution >= 0.6 is 0 Å². The molecule has 6 nitrogen and oxygen atoms in total. The summed E-state index contributed by atoms with van der Waals surface area (Å²) in [5.74, 6) is -0.431. The number of nitrogens with zero attached hydrogens (tertiary/aromatic N) is 1. The fourth-order valence-corrected chi connectivity index (χ4v) is 5.41. The number of benzene rings is 2. The van der Waals surface area contributed by atoms with Crippen LogP contribution in [0, 0.1) is 6.92 Å². The molecule has 1 atom stereocenters. The van der Waals surface area contributed by atoms with Crippen LogP contribution in [0.25, 0.3) is 0 Å². The molecule has 3 aromatic rings. The van der Waals surface area contributed by atoms with Crippen LogP contribution in [0.1, 0.15) is 53.4 Å². The first kappa shape index (κ1) is 23.3. The molecule has 7 heteroatoms. The van der Waals surface area contributed by atoms with Crippen molar-refractivity contribution in [3.8, 4) is 0 Å². The van der Waals surface area contributed by atoms with Crippen LogP contribution in [0.5, 0.6) is 0 Å². The standard InChI is InChI=1S/C26H30N2O4S/c1-20-11-13-22(14-12-20)33(30,31)25-16-15-24(32-25)26(29)27-19-23(21-9-5-4-6-10-21)28-17-7-2-3-8-18-28/h4-6,9-16,23H,2-3,7-8,17-19H2,1H3,(H,27,29). The zero-order valence-corrected chi connectivity index (χ0v) is 19.7. The molecule has 1 aliphatic heterocycles. The van der Waals surface area contributed by atoms with E-state index in [1.54, 1.807) is 24.3 Å². The molecule has 33 heavy (non-hydrogen) atoms. The summed E-state index contributed by atoms with van der Waals surface area (Å²) in [6, 6.07) is 19.5. The van der Waals surface area contributed by atoms with E-state index in [9.17, 15) is 13.2 Å². The Morgan fingerprint density at radius 2 is 1.61 bits per heavy atom. The molecule has 0 aliphatic carbocycles. The Kier molecular flexibility index (Phi) is 7.30. The normalized spacial score (nSPS) is 16.2. The van der Waals surface area contributed by atoms with Gasteiger partial charge in [-0.2, -0.15) is 0 Å². The van der Waals surface area contributed by atoms with Gasteiger partial charge < -0.3 is 9.73 Å². The number of carbonyl (C=O) groups excluding carboxylic acids is 1. The van der Waals surface area contributed by atoms with Crippen LogP contribution in [0.4, 0.5) is 0 Å². The second kappa shape index (κ2) is 10.4. The second-order valence-electron chi connectivity index (χ2n) is 8.52. The molecule has 1 aliphatic rings. The summed E-state index contributed by atoms with van der Waals surface area (Å²) in [7, 11) is -3.82. The lowest BCUT2D eigenvalue weighted by Crippen LogP contribution is -2.38. The van der Waals surface area contributed by atoms with Gasteiger partial charge in [-0.3, -0.25) is 9.69 Å². The number of sulfone groups is 1. The summed E-state index contributed by atoms with van der Waals surface area (Å²) >= 11 is 0. The molecule has 2 heterocycles. The van der Waals surface area contributed by atoms with E-state index >= 15 is 0 Å². The van der Waals surface area contributed by atoms with Crippen LogP contribution < -0.4 is 5.32 Å². The largest absolute Gasteiger partial charge is 0.439 e. The Morgan fingerprint density at radius 1 is 0.939 bits per heavy atom. The number of aryl methyl sites for hydroxylation is 1. The molecule has 1 aromatic heterocycles. The maximum Gasteiger partial charge on any atom is 0.287 e. The zero-order valence-electron chi connectivity index (χ0n) is 18.9. The Labute approximate surface area is 195 Å². The second-order valence-corrected chi connectivity index (χ2v) is 10.4. The highest BCUT2D eigenvalue weighted by atomic mass is 32.2. The van der Waals surface area contributed by atoms with Crippen LogP contribution in [-0.4, -0.2) is 38.9 Å². The first-order valence-electron chi connectivity index (χ1n) is 11.4. The number of rotatable bonds is 7. The molecule has 4 rings (SSSR count). The van der Waals surface area contributed by atoms with E-state index < -0.39 is 15.7 Å². The van der Waals surface area contributed by atoms with E-state index in [-0.39, 0.29) is 21.8 Å². The average molecular weight is 467 g/mol. The summed E-state index contributed by atoms with van der Waals surface area (Å²) in [5.41, 5.74) is 2.12. The van der Waals surface area contributed by atoms with E-state index in [0.29, 0.717) is 6.54 Å². The molecule has 0 radical (unpaired) electrons. The van der Waals surface area contributed by atoms with Gasteiger partial charge >= 0.3 is 0 Å². The average Bonchev–Trinajstić information content (AvgIpc) is 3.19. The predicted molar refractivity (Wildman–Crippen MR) is 127 cm³/mol. The molecule has 174 valence electrons. The number of nitrogens with one attached hydrogen (secondary N) is 1. The van der Waals surface area contributed by atoms with Crippen LogP contribution in [-0.2, 0) is 9.84 Å². The Bertz CT molecular complexity index is 1160. The minimum absolute atomic E-state index is 0.0108. The molecule has 0 bridgehead atoms. The van der Waals surface area contributed by atoms with Crippen molar-refractivity contribution in [1.29, 1.82) is 0 Å². The minimum Gasteiger partial charge on any atom is -0.439 e. The highest BCUT2D eigenvalue weighted by Gasteiger charge is 2.25. The van der Waals surface area contributed by atoms with Crippen LogP contribution in [0.3, 0.4) is 0 Å². The van der Waals surface area contributed by atoms with Gasteiger partial charge in [0.2, 0.25) is 14.9 Å². The fourth-order valence-electron chi connectivity index (χ4n) is 4.24. The summed E-state index contributed by atoms with van der Waals surface area (Å²) < 4.78 is 31.2. The molecule has 1 N–H and O–H groups in total. The van der Waals surface area contributed by atoms with E-state index in [1.165, 1.54) is 25.0 Å². The number of likely N-dealkylation sites (tertiary alicyclic amines) is 1. The van der Waals surface area contributed by atoms with Crippen molar-refractivity contribution in [2.75, 3.05) is 19.6 Å². The molecule has 1 amide bonds. The third kappa shape index (κ3) is 5.54. The topological polar surface area (TPSA) is 79.6 Å². The van der Waals surface area contributed by atoms with Crippen molar-refractivity contribution >= 4 is 15.7 Å². The van der Waals surface area contributed by atoms with Crippen molar-refractivity contribution < 1.29 is 17.6 Å². The van der Waals surface area contributed by atoms with Gasteiger partial charge in [-0.15, -0.1) is 0 Å². The summed E-state index contributed by atoms with van der Waals surface area (Å²) in [6.07, 6.45) is 4.76. The number of hydrogen-bond donors (Lipinski definition) is 1. The van der Waals surface area contributed by atoms with Crippen LogP contribution in [0.15, 0.2) is 81.1 Å². The number of amides is 1. The van der Waals surface area contributed by atoms with Gasteiger partial charge in [-0.1, -0.05) is 60.9 Å². The monoisotopic (exact) mass is 466 g/mol. The minimum atomic E-state index is -3.82. The lowest BCUT2D eigenvalue weighted by molar-refractivity contribution is 0.0900. The van der Waals surface area contributed by atoms with E-state index in [2.05, 4.69) is 22.3 Å². The van der Waals surface area contributed by atoms with Gasteiger partial charge in [0.05, 0.1) is 10.9 Å². The van der Waals surface area contributed by atoms with E-state index in [0.717, 1.165) is 37.1 Å². The molecular weight excluding hydrogens is 436 g/mol. The summed E-state index contributed by atoms with van der Waals surface area (Å²) in [5, 5.41) is 2.73. The molecule has 0 saturated carbocycles. The van der Waals surface area contributed by atoms with Gasteiger partial charge in [0.15, 0.2) is 5.76 Å². The Hall–Kier alpha value is -2.90. The van der Waals surface area contributed by atoms with Crippen molar-refractivity contribution in [2.24, 2.45) is 0 Å². The molecule has 1 saturated heterocycles. The third-order valence-corrected chi connectivity index (χ3v) is 7.76. The molecule has 2 aromatic carbocycles. The van der Waals surface area contributed by atoms with Gasteiger partial charge in [0.1, 0.15) is 0 Å². The number of hydrogen-bond acceptors (Lipinski definition) is 5. The van der Waals surface area contributed by atoms with Crippen molar-refractivity contribution in [1.82, 2.24) is 10.2 Å². The maximum atomic E-state index is 12.8. The molecule has 1 fully saturated rings.